The summed E-state index contributed by atoms with van der Waals surface area (Å²) in [4.78, 5) is 37.2. The van der Waals surface area contributed by atoms with Crippen molar-refractivity contribution in [2.75, 3.05) is 20.1 Å². The Morgan fingerprint density at radius 1 is 1.03 bits per heavy atom. The molecule has 4 N–H and O–H groups in total. The minimum Gasteiger partial charge on any atom is -0.506 e. The van der Waals surface area contributed by atoms with Gasteiger partial charge in [-0.05, 0) is 128 Å². The van der Waals surface area contributed by atoms with Crippen molar-refractivity contribution in [3.63, 3.8) is 0 Å². The topological polar surface area (TPSA) is 155 Å². The summed E-state index contributed by atoms with van der Waals surface area (Å²) in [7, 11) is -0.0240. The van der Waals surface area contributed by atoms with Gasteiger partial charge in [-0.15, -0.1) is 27.8 Å². The summed E-state index contributed by atoms with van der Waals surface area (Å²) in [5.41, 5.74) is 2.99. The quantitative estimate of drug-likeness (QED) is 0.0422. The van der Waals surface area contributed by atoms with Gasteiger partial charge in [-0.1, -0.05) is 50.3 Å². The number of phenols is 1. The van der Waals surface area contributed by atoms with Crippen LogP contribution in [0.4, 0.5) is 0 Å². The number of pyridine rings is 1. The Morgan fingerprint density at radius 3 is 2.39 bits per heavy atom. The minimum absolute atomic E-state index is 0.0135. The zero-order chi connectivity index (χ0) is 42.0. The van der Waals surface area contributed by atoms with Crippen LogP contribution in [0.15, 0.2) is 82.3 Å². The highest BCUT2D eigenvalue weighted by molar-refractivity contribution is 7.12. The number of rotatable bonds is 16. The van der Waals surface area contributed by atoms with E-state index in [1.807, 2.05) is 45.8 Å². The zero-order valence-electron chi connectivity index (χ0n) is 34.7. The van der Waals surface area contributed by atoms with Crippen molar-refractivity contribution in [3.8, 4) is 5.75 Å². The lowest BCUT2D eigenvalue weighted by Crippen LogP contribution is -2.47. The van der Waals surface area contributed by atoms with E-state index in [2.05, 4.69) is 89.5 Å². The maximum absolute atomic E-state index is 13.4. The number of aromatic hydroxyl groups is 1. The molecule has 1 fully saturated rings. The molecule has 0 bridgehead atoms. The van der Waals surface area contributed by atoms with Crippen LogP contribution in [0.2, 0.25) is 18.1 Å². The van der Waals surface area contributed by atoms with Gasteiger partial charge >= 0.3 is 5.97 Å². The van der Waals surface area contributed by atoms with Crippen LogP contribution in [0.25, 0.3) is 21.9 Å². The van der Waals surface area contributed by atoms with Crippen molar-refractivity contribution in [2.45, 2.75) is 102 Å². The lowest BCUT2D eigenvalue weighted by atomic mass is 9.66. The largest absolute Gasteiger partial charge is 0.506 e. The molecule has 0 unspecified atom stereocenters. The number of nitrogens with zero attached hydrogens (tertiary/aromatic N) is 4. The number of carbonyl (C=O) groups excluding carboxylic acids is 1. The molecule has 0 aliphatic heterocycles. The number of thiophene rings is 2. The monoisotopic (exact) mass is 856 g/mol. The maximum Gasteiger partial charge on any atom is 0.358 e. The number of phenolic OH excluding ortho intramolecular Hbond substituents is 1. The van der Waals surface area contributed by atoms with Crippen molar-refractivity contribution in [1.29, 1.82) is 0 Å². The summed E-state index contributed by atoms with van der Waals surface area (Å²) in [6.45, 7) is 13.9. The van der Waals surface area contributed by atoms with Crippen molar-refractivity contribution in [1.82, 2.24) is 30.2 Å². The number of H-pyrrole nitrogens is 1. The molecule has 59 heavy (non-hydrogen) atoms. The number of hydrogen-bond acceptors (Lipinski definition) is 12. The predicted molar refractivity (Wildman–Crippen MR) is 238 cm³/mol. The van der Waals surface area contributed by atoms with Gasteiger partial charge in [-0.3, -0.25) is 9.68 Å². The first kappa shape index (κ1) is 42.9. The van der Waals surface area contributed by atoms with Crippen LogP contribution >= 0.6 is 22.7 Å². The molecular formula is C44H56N6O6S2Si. The highest BCUT2D eigenvalue weighted by Gasteiger charge is 2.53. The molecular weight excluding hydrogens is 801 g/mol. The maximum atomic E-state index is 13.4. The number of carbonyl (C=O) groups is 1. The fraction of sp³-hybridized carbons (Fsp3) is 0.455. The van der Waals surface area contributed by atoms with Gasteiger partial charge in [0.15, 0.2) is 8.32 Å². The fourth-order valence-corrected chi connectivity index (χ4v) is 11.9. The van der Waals surface area contributed by atoms with Crippen molar-refractivity contribution < 1.29 is 24.5 Å². The molecule has 0 amide bonds. The molecule has 7 rings (SSSR count). The average molecular weight is 857 g/mol. The standard InChI is InChI=1S/C44H56N6O6S2Si/c1-43(2,3)59(5,6)56-37(32-17-20-36(51)41-33(32)18-21-40(52)46-41)28-45-27-29-12-19-35-34(26-29)47-48-50(35)23-9-22-49(4)31-15-13-30(14-16-31)44(42(53)55-54,38-10-7-24-57-38)39-11-8-25-58-39/h7-8,10-12,17-21,24-26,30-31,37,45,51,54H,9,13-16,22-23,27-28H2,1-6H3,(H,46,52)/t30-,31-,37-/m0/s1. The average Bonchev–Trinajstić information content (AvgIpc) is 4.02. The molecule has 0 spiro atoms. The molecule has 1 aliphatic carbocycles. The van der Waals surface area contributed by atoms with Crippen LogP contribution in [-0.4, -0.2) is 75.7 Å². The van der Waals surface area contributed by atoms with Gasteiger partial charge in [0.2, 0.25) is 5.56 Å². The molecule has 15 heteroatoms. The molecule has 2 aromatic carbocycles. The van der Waals surface area contributed by atoms with E-state index >= 15 is 0 Å². The second-order valence-corrected chi connectivity index (χ2v) is 24.1. The van der Waals surface area contributed by atoms with Crippen LogP contribution in [0, 0.1) is 5.92 Å². The molecule has 0 saturated heterocycles. The second kappa shape index (κ2) is 17.8. The van der Waals surface area contributed by atoms with Crippen LogP contribution in [0.5, 0.6) is 5.75 Å². The van der Waals surface area contributed by atoms with Crippen molar-refractivity contribution >= 4 is 58.9 Å². The van der Waals surface area contributed by atoms with Gasteiger partial charge in [0.25, 0.3) is 0 Å². The third-order valence-corrected chi connectivity index (χ3v) is 19.3. The molecule has 4 heterocycles. The normalized spacial score (nSPS) is 17.2. The van der Waals surface area contributed by atoms with E-state index in [0.29, 0.717) is 24.6 Å². The third-order valence-electron chi connectivity index (χ3n) is 12.8. The smallest absolute Gasteiger partial charge is 0.358 e. The van der Waals surface area contributed by atoms with Crippen LogP contribution < -0.4 is 10.9 Å². The van der Waals surface area contributed by atoms with Gasteiger partial charge in [-0.2, -0.15) is 5.26 Å². The molecule has 4 aromatic heterocycles. The van der Waals surface area contributed by atoms with Gasteiger partial charge in [0.05, 0.1) is 17.1 Å². The summed E-state index contributed by atoms with van der Waals surface area (Å²) in [5.74, 6) is -0.539. The number of aryl methyl sites for hydroxylation is 1. The molecule has 6 aromatic rings. The Morgan fingerprint density at radius 2 is 1.75 bits per heavy atom. The summed E-state index contributed by atoms with van der Waals surface area (Å²) in [6.07, 6.45) is 4.22. The Balaban J connectivity index is 0.955. The number of aromatic nitrogens is 4. The van der Waals surface area contributed by atoms with E-state index in [-0.39, 0.29) is 28.4 Å². The number of aromatic amines is 1. The minimum atomic E-state index is -2.21. The highest BCUT2D eigenvalue weighted by atomic mass is 32.1. The van der Waals surface area contributed by atoms with Crippen LogP contribution in [-0.2, 0) is 32.6 Å². The summed E-state index contributed by atoms with van der Waals surface area (Å²) in [5, 5.41) is 37.6. The zero-order valence-corrected chi connectivity index (χ0v) is 37.4. The lowest BCUT2D eigenvalue weighted by molar-refractivity contribution is -0.241. The first-order valence-corrected chi connectivity index (χ1v) is 25.1. The molecule has 12 nitrogen and oxygen atoms in total. The molecule has 1 saturated carbocycles. The molecule has 1 aliphatic rings. The molecule has 0 radical (unpaired) electrons. The van der Waals surface area contributed by atoms with E-state index < -0.39 is 19.7 Å². The van der Waals surface area contributed by atoms with Crippen LogP contribution in [0.3, 0.4) is 0 Å². The van der Waals surface area contributed by atoms with Gasteiger partial charge in [-0.25, -0.2) is 9.48 Å². The number of nitrogens with one attached hydrogen (secondary N) is 2. The first-order chi connectivity index (χ1) is 28.2. The van der Waals surface area contributed by atoms with E-state index in [4.69, 9.17) is 4.43 Å². The Hall–Kier alpha value is -4.22. The number of benzene rings is 2. The predicted octanol–water partition coefficient (Wildman–Crippen LogP) is 8.84. The van der Waals surface area contributed by atoms with Crippen molar-refractivity contribution in [2.24, 2.45) is 5.92 Å². The molecule has 314 valence electrons. The number of hydrogen-bond donors (Lipinski definition) is 4. The Kier molecular flexibility index (Phi) is 12.9. The first-order valence-electron chi connectivity index (χ1n) is 20.4. The van der Waals surface area contributed by atoms with Gasteiger partial charge in [0, 0.05) is 46.9 Å². The van der Waals surface area contributed by atoms with Gasteiger partial charge < -0.3 is 24.7 Å². The Bertz CT molecular complexity index is 2370. The van der Waals surface area contributed by atoms with Crippen LogP contribution in [0.1, 0.15) is 79.9 Å². The van der Waals surface area contributed by atoms with Crippen molar-refractivity contribution in [3.05, 3.63) is 109 Å². The Labute approximate surface area is 354 Å². The summed E-state index contributed by atoms with van der Waals surface area (Å²) < 4.78 is 8.96. The lowest BCUT2D eigenvalue weighted by Gasteiger charge is -2.42. The molecule has 1 atom stereocenters. The summed E-state index contributed by atoms with van der Waals surface area (Å²) in [6, 6.07) is 21.3. The van der Waals surface area contributed by atoms with E-state index in [1.165, 1.54) is 28.7 Å². The highest BCUT2D eigenvalue weighted by Crippen LogP contribution is 2.50. The second-order valence-electron chi connectivity index (χ2n) is 17.4. The van der Waals surface area contributed by atoms with E-state index in [0.717, 1.165) is 82.5 Å². The van der Waals surface area contributed by atoms with E-state index in [9.17, 15) is 20.0 Å². The van der Waals surface area contributed by atoms with E-state index in [1.54, 1.807) is 12.1 Å². The fourth-order valence-electron chi connectivity index (χ4n) is 8.50. The van der Waals surface area contributed by atoms with Gasteiger partial charge in [0.1, 0.15) is 16.7 Å². The number of fused-ring (bicyclic) bond motifs is 2. The SMILES string of the molecule is CN(CCCn1nnc2cc(CNC[C@H](O[Si](C)(C)C(C)(C)C)c3ccc(O)c4[nH]c(=O)ccc34)ccc21)[C@H]1CC[C@H](C(C(=O)OO)(c2cccs2)c2cccs2)CC1. The summed E-state index contributed by atoms with van der Waals surface area (Å²) >= 11 is 3.08. The third kappa shape index (κ3) is 8.83.